The predicted octanol–water partition coefficient (Wildman–Crippen LogP) is 2.53. The van der Waals surface area contributed by atoms with Crippen molar-refractivity contribution in [1.29, 1.82) is 15.8 Å². The topological polar surface area (TPSA) is 92.6 Å². The van der Waals surface area contributed by atoms with E-state index in [1.165, 1.54) is 7.11 Å². The highest BCUT2D eigenvalue weighted by molar-refractivity contribution is 9.11. The number of hydrogen-bond donors (Lipinski definition) is 1. The summed E-state index contributed by atoms with van der Waals surface area (Å²) in [6.07, 6.45) is 0.580. The third-order valence-electron chi connectivity index (χ3n) is 4.05. The highest BCUT2D eigenvalue weighted by Crippen LogP contribution is 2.55. The minimum atomic E-state index is -1.52. The molecule has 0 radical (unpaired) electrons. The molecule has 1 rings (SSSR count). The van der Waals surface area contributed by atoms with Crippen molar-refractivity contribution < 1.29 is 4.74 Å². The maximum Gasteiger partial charge on any atom is 0.190 e. The number of rotatable bonds is 3. The third-order valence-corrected chi connectivity index (χ3v) is 4.67. The van der Waals surface area contributed by atoms with E-state index in [0.717, 1.165) is 0 Å². The van der Waals surface area contributed by atoms with Gasteiger partial charge < -0.3 is 10.1 Å². The first kappa shape index (κ1) is 15.5. The van der Waals surface area contributed by atoms with E-state index in [4.69, 9.17) is 4.74 Å². The van der Waals surface area contributed by atoms with E-state index in [0.29, 0.717) is 17.4 Å². The summed E-state index contributed by atoms with van der Waals surface area (Å²) in [6, 6.07) is 6.11. The molecule has 19 heavy (non-hydrogen) atoms. The fourth-order valence-electron chi connectivity index (χ4n) is 2.86. The monoisotopic (exact) mass is 322 g/mol. The number of methoxy groups -OCH3 is 1. The van der Waals surface area contributed by atoms with Crippen LogP contribution in [-0.4, -0.2) is 13.3 Å². The molecule has 1 N–H and O–H groups in total. The SMILES string of the molecule is CCC1(CC)[C@H](OC)NC(Br)=C(C#N)C1(C#N)C#N. The molecule has 1 heterocycles. The molecule has 0 fully saturated rings. The Morgan fingerprint density at radius 2 is 1.79 bits per heavy atom. The van der Waals surface area contributed by atoms with Crippen LogP contribution in [0.15, 0.2) is 10.2 Å². The standard InChI is InChI=1S/C13H15BrN4O/c1-4-12(5-2)11(19-3)18-10(14)9(6-15)13(12,7-16)8-17/h11,18H,4-5H2,1-3H3/t11-/m0/s1. The number of halogens is 1. The summed E-state index contributed by atoms with van der Waals surface area (Å²) < 4.78 is 5.77. The average Bonchev–Trinajstić information content (AvgIpc) is 2.45. The minimum absolute atomic E-state index is 0.120. The molecular formula is C13H15BrN4O. The molecule has 0 aromatic carbocycles. The zero-order valence-corrected chi connectivity index (χ0v) is 12.7. The van der Waals surface area contributed by atoms with Crippen molar-refractivity contribution in [1.82, 2.24) is 5.32 Å². The van der Waals surface area contributed by atoms with Crippen LogP contribution in [0, 0.1) is 44.8 Å². The molecule has 0 unspecified atom stereocenters. The van der Waals surface area contributed by atoms with Crippen LogP contribution in [-0.2, 0) is 4.74 Å². The van der Waals surface area contributed by atoms with Gasteiger partial charge in [0.2, 0.25) is 0 Å². The normalized spacial score (nSPS) is 23.7. The Bertz CT molecular complexity index is 502. The van der Waals surface area contributed by atoms with Crippen LogP contribution in [0.5, 0.6) is 0 Å². The lowest BCUT2D eigenvalue weighted by atomic mass is 9.56. The Morgan fingerprint density at radius 3 is 2.11 bits per heavy atom. The first-order valence-electron chi connectivity index (χ1n) is 5.95. The molecule has 0 spiro atoms. The fraction of sp³-hybridized carbons (Fsp3) is 0.615. The van der Waals surface area contributed by atoms with Gasteiger partial charge >= 0.3 is 0 Å². The molecule has 0 bridgehead atoms. The van der Waals surface area contributed by atoms with Crippen molar-refractivity contribution in [2.45, 2.75) is 32.9 Å². The molecule has 0 aromatic heterocycles. The summed E-state index contributed by atoms with van der Waals surface area (Å²) >= 11 is 3.23. The lowest BCUT2D eigenvalue weighted by Crippen LogP contribution is -2.58. The van der Waals surface area contributed by atoms with Crippen molar-refractivity contribution in [3.05, 3.63) is 10.2 Å². The van der Waals surface area contributed by atoms with Gasteiger partial charge in [-0.1, -0.05) is 13.8 Å². The van der Waals surface area contributed by atoms with Crippen molar-refractivity contribution in [3.63, 3.8) is 0 Å². The molecule has 0 amide bonds. The quantitative estimate of drug-likeness (QED) is 0.806. The Morgan fingerprint density at radius 1 is 1.26 bits per heavy atom. The number of nitriles is 3. The van der Waals surface area contributed by atoms with Gasteiger partial charge in [-0.3, -0.25) is 0 Å². The molecule has 100 valence electrons. The van der Waals surface area contributed by atoms with Crippen molar-refractivity contribution in [3.8, 4) is 18.2 Å². The first-order valence-corrected chi connectivity index (χ1v) is 6.75. The maximum atomic E-state index is 9.61. The molecule has 0 saturated carbocycles. The molecule has 1 aliphatic heterocycles. The summed E-state index contributed by atoms with van der Waals surface area (Å²) in [5, 5.41) is 31.6. The van der Waals surface area contributed by atoms with Gasteiger partial charge in [0, 0.05) is 7.11 Å². The van der Waals surface area contributed by atoms with E-state index in [-0.39, 0.29) is 5.57 Å². The van der Waals surface area contributed by atoms with Crippen LogP contribution in [0.25, 0.3) is 0 Å². The minimum Gasteiger partial charge on any atom is -0.361 e. The molecule has 0 aliphatic carbocycles. The molecule has 1 aliphatic rings. The van der Waals surface area contributed by atoms with Crippen molar-refractivity contribution in [2.24, 2.45) is 10.8 Å². The predicted molar refractivity (Wildman–Crippen MR) is 72.2 cm³/mol. The molecule has 0 aromatic rings. The molecular weight excluding hydrogens is 308 g/mol. The van der Waals surface area contributed by atoms with E-state index < -0.39 is 17.1 Å². The number of allylic oxidation sites excluding steroid dienone is 1. The van der Waals surface area contributed by atoms with Crippen LogP contribution in [0.4, 0.5) is 0 Å². The lowest BCUT2D eigenvalue weighted by molar-refractivity contribution is -0.0729. The Balaban J connectivity index is 3.73. The molecule has 1 atom stereocenters. The third kappa shape index (κ3) is 1.82. The van der Waals surface area contributed by atoms with Crippen LogP contribution in [0.2, 0.25) is 0 Å². The molecule has 5 nitrogen and oxygen atoms in total. The van der Waals surface area contributed by atoms with Crippen LogP contribution in [0.1, 0.15) is 26.7 Å². The maximum absolute atomic E-state index is 9.61. The van der Waals surface area contributed by atoms with Gasteiger partial charge in [0.1, 0.15) is 12.3 Å². The zero-order valence-electron chi connectivity index (χ0n) is 11.1. The van der Waals surface area contributed by atoms with Crippen LogP contribution < -0.4 is 5.32 Å². The second-order valence-electron chi connectivity index (χ2n) is 4.40. The lowest BCUT2D eigenvalue weighted by Gasteiger charge is -2.49. The van der Waals surface area contributed by atoms with E-state index in [9.17, 15) is 15.8 Å². The number of nitrogens with zero attached hydrogens (tertiary/aromatic N) is 3. The average molecular weight is 323 g/mol. The Hall–Kier alpha value is -1.55. The highest BCUT2D eigenvalue weighted by Gasteiger charge is 2.61. The largest absolute Gasteiger partial charge is 0.361 e. The number of ether oxygens (including phenoxy) is 1. The van der Waals surface area contributed by atoms with E-state index in [1.54, 1.807) is 0 Å². The summed E-state index contributed by atoms with van der Waals surface area (Å²) in [4.78, 5) is 0. The first-order chi connectivity index (χ1) is 9.03. The highest BCUT2D eigenvalue weighted by atomic mass is 79.9. The fourth-order valence-corrected chi connectivity index (χ4v) is 3.46. The summed E-state index contributed by atoms with van der Waals surface area (Å²) in [5.74, 6) is 0. The molecule has 0 saturated heterocycles. The van der Waals surface area contributed by atoms with Crippen LogP contribution >= 0.6 is 15.9 Å². The van der Waals surface area contributed by atoms with Gasteiger partial charge in [-0.05, 0) is 28.8 Å². The summed E-state index contributed by atoms with van der Waals surface area (Å²) in [6.45, 7) is 3.80. The van der Waals surface area contributed by atoms with Crippen LogP contribution in [0.3, 0.4) is 0 Å². The van der Waals surface area contributed by atoms with E-state index in [2.05, 4.69) is 33.4 Å². The van der Waals surface area contributed by atoms with Gasteiger partial charge in [0.25, 0.3) is 0 Å². The smallest absolute Gasteiger partial charge is 0.190 e. The van der Waals surface area contributed by atoms with Gasteiger partial charge in [-0.2, -0.15) is 15.8 Å². The zero-order chi connectivity index (χ0) is 14.7. The van der Waals surface area contributed by atoms with Gasteiger partial charge in [0.05, 0.1) is 27.7 Å². The van der Waals surface area contributed by atoms with Gasteiger partial charge in [0.15, 0.2) is 5.41 Å². The number of hydrogen-bond acceptors (Lipinski definition) is 5. The van der Waals surface area contributed by atoms with Crippen molar-refractivity contribution >= 4 is 15.9 Å². The van der Waals surface area contributed by atoms with E-state index in [1.807, 2.05) is 19.9 Å². The van der Waals surface area contributed by atoms with Crippen molar-refractivity contribution in [2.75, 3.05) is 7.11 Å². The van der Waals surface area contributed by atoms with Gasteiger partial charge in [-0.15, -0.1) is 0 Å². The Kier molecular flexibility index (Phi) is 4.58. The number of nitrogens with one attached hydrogen (secondary N) is 1. The molecule has 6 heteroatoms. The summed E-state index contributed by atoms with van der Waals surface area (Å²) in [7, 11) is 1.52. The second kappa shape index (κ2) is 5.61. The second-order valence-corrected chi connectivity index (χ2v) is 5.19. The van der Waals surface area contributed by atoms with E-state index >= 15 is 0 Å². The Labute approximate surface area is 121 Å². The van der Waals surface area contributed by atoms with Gasteiger partial charge in [-0.25, -0.2) is 0 Å². The summed E-state index contributed by atoms with van der Waals surface area (Å²) in [5.41, 5.74) is -2.17.